The second-order valence-corrected chi connectivity index (χ2v) is 4.99. The molecule has 0 saturated heterocycles. The average molecular weight is 336 g/mol. The fourth-order valence-corrected chi connectivity index (χ4v) is 2.25. The van der Waals surface area contributed by atoms with Crippen LogP contribution in [0.5, 0.6) is 11.5 Å². The third-order valence-electron chi connectivity index (χ3n) is 2.64. The molecule has 6 heteroatoms. The standard InChI is InChI=1S/C14H10BrNO4/c1-9-2-5-14(12(15)6-9)20-11-3-4-13(16(18)19)10(7-11)8-17/h2-8H,1H3. The van der Waals surface area contributed by atoms with Crippen LogP contribution < -0.4 is 4.74 Å². The Bertz CT molecular complexity index is 685. The molecule has 2 aromatic carbocycles. The molecule has 0 bridgehead atoms. The number of rotatable bonds is 4. The molecule has 20 heavy (non-hydrogen) atoms. The first kappa shape index (κ1) is 14.2. The van der Waals surface area contributed by atoms with Crippen molar-refractivity contribution in [2.45, 2.75) is 6.92 Å². The Morgan fingerprint density at radius 3 is 2.60 bits per heavy atom. The normalized spacial score (nSPS) is 10.1. The molecule has 0 aromatic heterocycles. The van der Waals surface area contributed by atoms with Crippen molar-refractivity contribution in [3.63, 3.8) is 0 Å². The first-order valence-electron chi connectivity index (χ1n) is 5.69. The summed E-state index contributed by atoms with van der Waals surface area (Å²) in [5.74, 6) is 0.934. The summed E-state index contributed by atoms with van der Waals surface area (Å²) in [7, 11) is 0. The Balaban J connectivity index is 2.34. The highest BCUT2D eigenvalue weighted by Gasteiger charge is 2.14. The molecule has 102 valence electrons. The monoisotopic (exact) mass is 335 g/mol. The van der Waals surface area contributed by atoms with Crippen molar-refractivity contribution in [3.05, 3.63) is 62.1 Å². The van der Waals surface area contributed by atoms with Crippen molar-refractivity contribution in [1.82, 2.24) is 0 Å². The summed E-state index contributed by atoms with van der Waals surface area (Å²) in [6.07, 6.45) is 0.440. The highest BCUT2D eigenvalue weighted by Crippen LogP contribution is 2.32. The third-order valence-corrected chi connectivity index (χ3v) is 3.26. The lowest BCUT2D eigenvalue weighted by Gasteiger charge is -2.08. The molecule has 0 aliphatic rings. The number of aryl methyl sites for hydroxylation is 1. The van der Waals surface area contributed by atoms with Crippen molar-refractivity contribution >= 4 is 27.9 Å². The molecule has 0 heterocycles. The van der Waals surface area contributed by atoms with E-state index < -0.39 is 4.92 Å². The first-order valence-corrected chi connectivity index (χ1v) is 6.48. The predicted molar refractivity (Wildman–Crippen MR) is 77.4 cm³/mol. The molecule has 0 unspecified atom stereocenters. The van der Waals surface area contributed by atoms with Crippen molar-refractivity contribution < 1.29 is 14.5 Å². The van der Waals surface area contributed by atoms with Crippen molar-refractivity contribution in [2.24, 2.45) is 0 Å². The molecule has 0 spiro atoms. The van der Waals surface area contributed by atoms with Gasteiger partial charge in [0.15, 0.2) is 6.29 Å². The van der Waals surface area contributed by atoms with Gasteiger partial charge in [0, 0.05) is 6.07 Å². The minimum absolute atomic E-state index is 0.0178. The van der Waals surface area contributed by atoms with Crippen LogP contribution in [0, 0.1) is 17.0 Å². The molecule has 2 aromatic rings. The Hall–Kier alpha value is -2.21. The molecular formula is C14H10BrNO4. The Morgan fingerprint density at radius 2 is 2.00 bits per heavy atom. The van der Waals surface area contributed by atoms with Crippen molar-refractivity contribution in [1.29, 1.82) is 0 Å². The van der Waals surface area contributed by atoms with E-state index in [0.29, 0.717) is 17.8 Å². The third kappa shape index (κ3) is 3.03. The Kier molecular flexibility index (Phi) is 4.14. The lowest BCUT2D eigenvalue weighted by Crippen LogP contribution is -1.95. The maximum atomic E-state index is 10.9. The molecule has 0 radical (unpaired) electrons. The first-order chi connectivity index (χ1) is 9.51. The summed E-state index contributed by atoms with van der Waals surface area (Å²) in [5, 5.41) is 10.7. The number of nitro groups is 1. The Morgan fingerprint density at radius 1 is 1.25 bits per heavy atom. The number of carbonyl (C=O) groups is 1. The fraction of sp³-hybridized carbons (Fsp3) is 0.0714. The van der Waals surface area contributed by atoms with Crippen molar-refractivity contribution in [2.75, 3.05) is 0 Å². The van der Waals surface area contributed by atoms with Crippen LogP contribution in [-0.4, -0.2) is 11.2 Å². The van der Waals surface area contributed by atoms with Gasteiger partial charge in [-0.2, -0.15) is 0 Å². The van der Waals surface area contributed by atoms with E-state index in [4.69, 9.17) is 4.74 Å². The van der Waals surface area contributed by atoms with Crippen LogP contribution in [0.15, 0.2) is 40.9 Å². The maximum absolute atomic E-state index is 10.9. The molecular weight excluding hydrogens is 326 g/mol. The van der Waals surface area contributed by atoms with Crippen LogP contribution in [0.4, 0.5) is 5.69 Å². The summed E-state index contributed by atoms with van der Waals surface area (Å²) in [6, 6.07) is 9.60. The number of carbonyl (C=O) groups excluding carboxylic acids is 1. The summed E-state index contributed by atoms with van der Waals surface area (Å²) in [4.78, 5) is 21.0. The number of benzene rings is 2. The molecule has 0 aliphatic carbocycles. The minimum Gasteiger partial charge on any atom is -0.456 e. The highest BCUT2D eigenvalue weighted by atomic mass is 79.9. The maximum Gasteiger partial charge on any atom is 0.280 e. The smallest absolute Gasteiger partial charge is 0.280 e. The van der Waals surface area contributed by atoms with Crippen LogP contribution in [0.1, 0.15) is 15.9 Å². The van der Waals surface area contributed by atoms with Crippen LogP contribution in [0.2, 0.25) is 0 Å². The molecule has 2 rings (SSSR count). The van der Waals surface area contributed by atoms with Crippen LogP contribution in [0.3, 0.4) is 0 Å². The van der Waals surface area contributed by atoms with Gasteiger partial charge in [0.05, 0.1) is 15.0 Å². The zero-order valence-electron chi connectivity index (χ0n) is 10.5. The van der Waals surface area contributed by atoms with E-state index in [2.05, 4.69) is 15.9 Å². The number of aldehydes is 1. The van der Waals surface area contributed by atoms with Gasteiger partial charge < -0.3 is 4.74 Å². The number of ether oxygens (including phenoxy) is 1. The van der Waals surface area contributed by atoms with E-state index in [1.165, 1.54) is 18.2 Å². The van der Waals surface area contributed by atoms with Crippen molar-refractivity contribution in [3.8, 4) is 11.5 Å². The van der Waals surface area contributed by atoms with E-state index in [0.717, 1.165) is 10.0 Å². The van der Waals surface area contributed by atoms with Gasteiger partial charge in [-0.3, -0.25) is 14.9 Å². The van der Waals surface area contributed by atoms with Gasteiger partial charge in [-0.05, 0) is 52.7 Å². The quantitative estimate of drug-likeness (QED) is 0.475. The lowest BCUT2D eigenvalue weighted by atomic mass is 10.2. The zero-order chi connectivity index (χ0) is 14.7. The number of nitrogens with zero attached hydrogens (tertiary/aromatic N) is 1. The van der Waals surface area contributed by atoms with Crippen LogP contribution >= 0.6 is 15.9 Å². The van der Waals surface area contributed by atoms with E-state index in [9.17, 15) is 14.9 Å². The van der Waals surface area contributed by atoms with Gasteiger partial charge in [-0.1, -0.05) is 6.07 Å². The molecule has 0 amide bonds. The topological polar surface area (TPSA) is 69.4 Å². The zero-order valence-corrected chi connectivity index (χ0v) is 12.1. The largest absolute Gasteiger partial charge is 0.456 e. The van der Waals surface area contributed by atoms with Gasteiger partial charge >= 0.3 is 0 Å². The number of hydrogen-bond acceptors (Lipinski definition) is 4. The van der Waals surface area contributed by atoms with Gasteiger partial charge in [0.1, 0.15) is 11.5 Å². The van der Waals surface area contributed by atoms with Gasteiger partial charge in [-0.15, -0.1) is 0 Å². The molecule has 5 nitrogen and oxygen atoms in total. The number of nitro benzene ring substituents is 1. The molecule has 0 aliphatic heterocycles. The van der Waals surface area contributed by atoms with Gasteiger partial charge in [0.2, 0.25) is 0 Å². The van der Waals surface area contributed by atoms with E-state index in [-0.39, 0.29) is 11.3 Å². The SMILES string of the molecule is Cc1ccc(Oc2ccc([N+](=O)[O-])c(C=O)c2)c(Br)c1. The average Bonchev–Trinajstić information content (AvgIpc) is 2.41. The van der Waals surface area contributed by atoms with Crippen LogP contribution in [-0.2, 0) is 0 Å². The fourth-order valence-electron chi connectivity index (χ4n) is 1.67. The lowest BCUT2D eigenvalue weighted by molar-refractivity contribution is -0.385. The summed E-state index contributed by atoms with van der Waals surface area (Å²) < 4.78 is 6.38. The molecule has 0 N–H and O–H groups in total. The van der Waals surface area contributed by atoms with Crippen LogP contribution in [0.25, 0.3) is 0 Å². The molecule has 0 atom stereocenters. The van der Waals surface area contributed by atoms with E-state index in [1.54, 1.807) is 6.07 Å². The molecule has 0 fully saturated rings. The summed E-state index contributed by atoms with van der Waals surface area (Å²) in [6.45, 7) is 1.95. The second-order valence-electron chi connectivity index (χ2n) is 4.13. The summed E-state index contributed by atoms with van der Waals surface area (Å²) in [5.41, 5.74) is 0.813. The van der Waals surface area contributed by atoms with E-state index >= 15 is 0 Å². The highest BCUT2D eigenvalue weighted by molar-refractivity contribution is 9.10. The number of halogens is 1. The predicted octanol–water partition coefficient (Wildman–Crippen LogP) is 4.27. The summed E-state index contributed by atoms with van der Waals surface area (Å²) >= 11 is 3.38. The number of hydrogen-bond donors (Lipinski definition) is 0. The molecule has 0 saturated carbocycles. The minimum atomic E-state index is -0.602. The van der Waals surface area contributed by atoms with Gasteiger partial charge in [-0.25, -0.2) is 0 Å². The van der Waals surface area contributed by atoms with E-state index in [1.807, 2.05) is 19.1 Å². The Labute approximate surface area is 123 Å². The van der Waals surface area contributed by atoms with Gasteiger partial charge in [0.25, 0.3) is 5.69 Å². The second kappa shape index (κ2) is 5.83.